The summed E-state index contributed by atoms with van der Waals surface area (Å²) < 4.78 is 44.1. The summed E-state index contributed by atoms with van der Waals surface area (Å²) in [5.74, 6) is -0.548. The maximum absolute atomic E-state index is 12.9. The van der Waals surface area contributed by atoms with Gasteiger partial charge in [-0.3, -0.25) is 9.59 Å². The molecule has 8 heteroatoms. The van der Waals surface area contributed by atoms with Crippen molar-refractivity contribution in [2.75, 3.05) is 18.1 Å². The van der Waals surface area contributed by atoms with Gasteiger partial charge in [-0.15, -0.1) is 0 Å². The third kappa shape index (κ3) is 5.07. The fourth-order valence-electron chi connectivity index (χ4n) is 3.19. The number of benzene rings is 2. The number of carbonyl (C=O) groups excluding carboxylic acids is 2. The fraction of sp³-hybridized carbons (Fsp3) is 0.333. The molecular formula is C21H21F3N2O3. The second-order valence-corrected chi connectivity index (χ2v) is 6.75. The monoisotopic (exact) mass is 406 g/mol. The Hall–Kier alpha value is -3.03. The second-order valence-electron chi connectivity index (χ2n) is 6.75. The Balaban J connectivity index is 1.60. The molecule has 0 spiro atoms. The van der Waals surface area contributed by atoms with E-state index < -0.39 is 17.7 Å². The minimum Gasteiger partial charge on any atom is -0.494 e. The van der Waals surface area contributed by atoms with E-state index in [4.69, 9.17) is 4.74 Å². The van der Waals surface area contributed by atoms with Crippen LogP contribution < -0.4 is 15.0 Å². The number of hydrogen-bond acceptors (Lipinski definition) is 3. The Morgan fingerprint density at radius 1 is 1.21 bits per heavy atom. The van der Waals surface area contributed by atoms with Gasteiger partial charge in [-0.05, 0) is 42.8 Å². The Morgan fingerprint density at radius 3 is 2.59 bits per heavy atom. The predicted octanol–water partition coefficient (Wildman–Crippen LogP) is 3.77. The van der Waals surface area contributed by atoms with Gasteiger partial charge in [0.05, 0.1) is 18.1 Å². The average molecular weight is 406 g/mol. The first-order valence-electron chi connectivity index (χ1n) is 9.25. The lowest BCUT2D eigenvalue weighted by molar-refractivity contribution is -0.137. The van der Waals surface area contributed by atoms with Crippen molar-refractivity contribution < 1.29 is 27.5 Å². The molecule has 2 aromatic carbocycles. The van der Waals surface area contributed by atoms with E-state index in [1.165, 1.54) is 17.0 Å². The van der Waals surface area contributed by atoms with Gasteiger partial charge in [0.1, 0.15) is 5.75 Å². The Labute approximate surface area is 166 Å². The summed E-state index contributed by atoms with van der Waals surface area (Å²) in [6.07, 6.45) is -4.53. The lowest BCUT2D eigenvalue weighted by Crippen LogP contribution is -2.32. The smallest absolute Gasteiger partial charge is 0.416 e. The Morgan fingerprint density at radius 2 is 1.93 bits per heavy atom. The molecule has 0 saturated carbocycles. The van der Waals surface area contributed by atoms with E-state index in [2.05, 4.69) is 5.32 Å². The average Bonchev–Trinajstić information content (AvgIpc) is 3.09. The molecule has 0 radical (unpaired) electrons. The first-order chi connectivity index (χ1) is 13.8. The number of anilines is 1. The van der Waals surface area contributed by atoms with Gasteiger partial charge in [0.25, 0.3) is 0 Å². The Kier molecular flexibility index (Phi) is 6.10. The number of nitrogens with zero attached hydrogens (tertiary/aromatic N) is 1. The summed E-state index contributed by atoms with van der Waals surface area (Å²) in [6, 6.07) is 11.8. The molecule has 29 heavy (non-hydrogen) atoms. The molecule has 1 heterocycles. The fourth-order valence-corrected chi connectivity index (χ4v) is 3.19. The van der Waals surface area contributed by atoms with Crippen LogP contribution >= 0.6 is 0 Å². The van der Waals surface area contributed by atoms with Gasteiger partial charge < -0.3 is 15.0 Å². The second kappa shape index (κ2) is 8.55. The van der Waals surface area contributed by atoms with Gasteiger partial charge in [-0.25, -0.2) is 0 Å². The molecule has 1 fully saturated rings. The highest BCUT2D eigenvalue weighted by atomic mass is 19.4. The highest BCUT2D eigenvalue weighted by Crippen LogP contribution is 2.33. The highest BCUT2D eigenvalue weighted by molar-refractivity contribution is 6.00. The van der Waals surface area contributed by atoms with E-state index in [1.807, 2.05) is 19.1 Å². The molecule has 0 aromatic heterocycles. The van der Waals surface area contributed by atoms with E-state index >= 15 is 0 Å². The van der Waals surface area contributed by atoms with Crippen LogP contribution in [0, 0.1) is 5.92 Å². The summed E-state index contributed by atoms with van der Waals surface area (Å²) in [7, 11) is 0. The third-order valence-electron chi connectivity index (χ3n) is 4.68. The van der Waals surface area contributed by atoms with Crippen molar-refractivity contribution >= 4 is 17.5 Å². The molecule has 5 nitrogen and oxygen atoms in total. The normalized spacial score (nSPS) is 16.8. The molecule has 154 valence electrons. The number of halogens is 3. The van der Waals surface area contributed by atoms with E-state index in [1.54, 1.807) is 12.1 Å². The van der Waals surface area contributed by atoms with Crippen LogP contribution in [0.1, 0.15) is 24.5 Å². The van der Waals surface area contributed by atoms with Gasteiger partial charge in [0.15, 0.2) is 0 Å². The van der Waals surface area contributed by atoms with E-state index in [0.29, 0.717) is 13.2 Å². The molecule has 2 aromatic rings. The Bertz CT molecular complexity index is 881. The summed E-state index contributed by atoms with van der Waals surface area (Å²) in [4.78, 5) is 25.9. The molecule has 0 aliphatic carbocycles. The number of ether oxygens (including phenoxy) is 1. The summed E-state index contributed by atoms with van der Waals surface area (Å²) >= 11 is 0. The zero-order chi connectivity index (χ0) is 21.0. The van der Waals surface area contributed by atoms with E-state index in [-0.39, 0.29) is 30.5 Å². The standard InChI is InChI=1S/C21H21F3N2O3/c1-2-29-18-8-6-14(7-9-18)12-25-20(28)15-10-19(27)26(13-15)17-5-3-4-16(11-17)21(22,23)24/h3-9,11,15H,2,10,12-13H2,1H3,(H,25,28)/t15-/m1/s1. The first kappa shape index (κ1) is 20.7. The SMILES string of the molecule is CCOc1ccc(CNC(=O)[C@@H]2CC(=O)N(c3cccc(C(F)(F)F)c3)C2)cc1. The van der Waals surface area contributed by atoms with Crippen molar-refractivity contribution in [3.05, 3.63) is 59.7 Å². The van der Waals surface area contributed by atoms with Gasteiger partial charge >= 0.3 is 6.18 Å². The summed E-state index contributed by atoms with van der Waals surface area (Å²) in [5.41, 5.74) is 0.193. The lowest BCUT2D eigenvalue weighted by atomic mass is 10.1. The maximum Gasteiger partial charge on any atom is 0.416 e. The third-order valence-corrected chi connectivity index (χ3v) is 4.68. The molecule has 1 aliphatic heterocycles. The molecule has 1 atom stereocenters. The summed E-state index contributed by atoms with van der Waals surface area (Å²) in [6.45, 7) is 2.79. The van der Waals surface area contributed by atoms with Crippen molar-refractivity contribution in [1.29, 1.82) is 0 Å². The van der Waals surface area contributed by atoms with Crippen LogP contribution in [0.3, 0.4) is 0 Å². The van der Waals surface area contributed by atoms with Crippen molar-refractivity contribution in [1.82, 2.24) is 5.32 Å². The van der Waals surface area contributed by atoms with Gasteiger partial charge in [0.2, 0.25) is 11.8 Å². The van der Waals surface area contributed by atoms with Gasteiger partial charge in [-0.1, -0.05) is 18.2 Å². The number of hydrogen-bond donors (Lipinski definition) is 1. The number of alkyl halides is 3. The van der Waals surface area contributed by atoms with Crippen LogP contribution in [0.5, 0.6) is 5.75 Å². The van der Waals surface area contributed by atoms with Crippen molar-refractivity contribution in [2.45, 2.75) is 26.1 Å². The minimum absolute atomic E-state index is 0.0364. The number of nitrogens with one attached hydrogen (secondary N) is 1. The zero-order valence-electron chi connectivity index (χ0n) is 15.8. The van der Waals surface area contributed by atoms with Crippen LogP contribution in [-0.4, -0.2) is 25.0 Å². The number of carbonyl (C=O) groups is 2. The van der Waals surface area contributed by atoms with Crippen LogP contribution in [0.25, 0.3) is 0 Å². The molecular weight excluding hydrogens is 385 g/mol. The van der Waals surface area contributed by atoms with Crippen molar-refractivity contribution in [3.8, 4) is 5.75 Å². The van der Waals surface area contributed by atoms with Gasteiger partial charge in [0, 0.05) is 25.2 Å². The maximum atomic E-state index is 12.9. The van der Waals surface area contributed by atoms with Crippen LogP contribution in [0.15, 0.2) is 48.5 Å². The molecule has 3 rings (SSSR count). The molecule has 2 amide bonds. The largest absolute Gasteiger partial charge is 0.494 e. The zero-order valence-corrected chi connectivity index (χ0v) is 15.8. The van der Waals surface area contributed by atoms with Crippen molar-refractivity contribution in [2.24, 2.45) is 5.92 Å². The molecule has 0 bridgehead atoms. The minimum atomic E-state index is -4.49. The van der Waals surface area contributed by atoms with Gasteiger partial charge in [-0.2, -0.15) is 13.2 Å². The highest BCUT2D eigenvalue weighted by Gasteiger charge is 2.36. The molecule has 1 N–H and O–H groups in total. The topological polar surface area (TPSA) is 58.6 Å². The number of amides is 2. The van der Waals surface area contributed by atoms with E-state index in [9.17, 15) is 22.8 Å². The predicted molar refractivity (Wildman–Crippen MR) is 101 cm³/mol. The lowest BCUT2D eigenvalue weighted by Gasteiger charge is -2.18. The summed E-state index contributed by atoms with van der Waals surface area (Å²) in [5, 5.41) is 2.78. The van der Waals surface area contributed by atoms with Crippen LogP contribution in [0.2, 0.25) is 0 Å². The van der Waals surface area contributed by atoms with Crippen molar-refractivity contribution in [3.63, 3.8) is 0 Å². The van der Waals surface area contributed by atoms with E-state index in [0.717, 1.165) is 23.4 Å². The molecule has 1 saturated heterocycles. The first-order valence-corrected chi connectivity index (χ1v) is 9.25. The number of rotatable bonds is 6. The molecule has 0 unspecified atom stereocenters. The molecule has 1 aliphatic rings. The van der Waals surface area contributed by atoms with Crippen LogP contribution in [-0.2, 0) is 22.3 Å². The van der Waals surface area contributed by atoms with Crippen LogP contribution in [0.4, 0.5) is 18.9 Å². The quantitative estimate of drug-likeness (QED) is 0.795.